The van der Waals surface area contributed by atoms with E-state index in [0.29, 0.717) is 24.2 Å². The van der Waals surface area contributed by atoms with Crippen LogP contribution in [-0.2, 0) is 24.3 Å². The first kappa shape index (κ1) is 20.1. The van der Waals surface area contributed by atoms with Gasteiger partial charge in [0, 0.05) is 0 Å². The number of rotatable bonds is 4. The SMILES string of the molecule is NS(=O)(=O)c1ccc(C(=O)OCC(=O)N2c3ccccc3NC(=O)C23CCCC3)o1. The van der Waals surface area contributed by atoms with E-state index in [2.05, 4.69) is 5.32 Å². The molecule has 0 unspecified atom stereocenters. The van der Waals surface area contributed by atoms with Crippen LogP contribution >= 0.6 is 0 Å². The highest BCUT2D eigenvalue weighted by Gasteiger charge is 2.52. The zero-order chi connectivity index (χ0) is 21.5. The molecule has 2 heterocycles. The van der Waals surface area contributed by atoms with E-state index in [1.165, 1.54) is 4.90 Å². The van der Waals surface area contributed by atoms with Crippen molar-refractivity contribution >= 4 is 39.2 Å². The highest BCUT2D eigenvalue weighted by Crippen LogP contribution is 2.45. The van der Waals surface area contributed by atoms with E-state index >= 15 is 0 Å². The Balaban J connectivity index is 1.56. The number of ether oxygens (including phenoxy) is 1. The number of nitrogens with zero attached hydrogens (tertiary/aromatic N) is 1. The molecule has 10 nitrogen and oxygen atoms in total. The molecule has 0 bridgehead atoms. The van der Waals surface area contributed by atoms with Gasteiger partial charge in [-0.05, 0) is 37.1 Å². The molecule has 3 N–H and O–H groups in total. The van der Waals surface area contributed by atoms with Crippen molar-refractivity contribution in [2.45, 2.75) is 36.3 Å². The monoisotopic (exact) mass is 433 g/mol. The molecule has 4 rings (SSSR count). The number of hydrogen-bond acceptors (Lipinski definition) is 7. The molecule has 2 amide bonds. The number of nitrogens with two attached hydrogens (primary N) is 1. The lowest BCUT2D eigenvalue weighted by molar-refractivity contribution is -0.129. The molecular weight excluding hydrogens is 414 g/mol. The minimum absolute atomic E-state index is 0.262. The molecule has 0 radical (unpaired) electrons. The average Bonchev–Trinajstić information content (AvgIpc) is 3.37. The Morgan fingerprint density at radius 2 is 1.87 bits per heavy atom. The van der Waals surface area contributed by atoms with Gasteiger partial charge in [0.2, 0.25) is 10.9 Å². The van der Waals surface area contributed by atoms with Crippen LogP contribution in [0.1, 0.15) is 36.2 Å². The zero-order valence-corrected chi connectivity index (χ0v) is 16.6. The third-order valence-corrected chi connectivity index (χ3v) is 6.09. The number of primary sulfonamides is 1. The average molecular weight is 433 g/mol. The summed E-state index contributed by atoms with van der Waals surface area (Å²) in [6.07, 6.45) is 2.59. The van der Waals surface area contributed by atoms with E-state index in [4.69, 9.17) is 14.3 Å². The van der Waals surface area contributed by atoms with Crippen LogP contribution in [0, 0.1) is 0 Å². The molecule has 1 aromatic carbocycles. The summed E-state index contributed by atoms with van der Waals surface area (Å²) in [4.78, 5) is 39.6. The van der Waals surface area contributed by atoms with E-state index in [9.17, 15) is 22.8 Å². The molecule has 1 saturated carbocycles. The van der Waals surface area contributed by atoms with Gasteiger partial charge >= 0.3 is 5.97 Å². The fourth-order valence-corrected chi connectivity index (χ4v) is 4.44. The number of amides is 2. The normalized spacial score (nSPS) is 17.5. The predicted molar refractivity (Wildman–Crippen MR) is 104 cm³/mol. The smallest absolute Gasteiger partial charge is 0.374 e. The van der Waals surface area contributed by atoms with Gasteiger partial charge < -0.3 is 14.5 Å². The molecule has 1 fully saturated rings. The number of anilines is 2. The van der Waals surface area contributed by atoms with Crippen LogP contribution in [0.3, 0.4) is 0 Å². The standard InChI is InChI=1S/C19H19N3O7S/c20-30(26,27)16-8-7-14(29-16)17(24)28-11-15(23)22-13-6-2-1-5-12(13)21-18(25)19(22)9-3-4-10-19/h1-2,5-8H,3-4,9-11H2,(H,21,25)(H2,20,26,27). The molecule has 1 aromatic heterocycles. The molecule has 1 aliphatic carbocycles. The Morgan fingerprint density at radius 1 is 1.17 bits per heavy atom. The molecule has 1 aliphatic heterocycles. The number of fused-ring (bicyclic) bond motifs is 1. The number of furan rings is 1. The maximum absolute atomic E-state index is 13.1. The van der Waals surface area contributed by atoms with Gasteiger partial charge in [0.25, 0.3) is 21.8 Å². The maximum atomic E-state index is 13.1. The Kier molecular flexibility index (Phi) is 4.86. The van der Waals surface area contributed by atoms with Crippen LogP contribution in [0.15, 0.2) is 45.9 Å². The second kappa shape index (κ2) is 7.26. The molecule has 2 aromatic rings. The number of carbonyl (C=O) groups is 3. The minimum atomic E-state index is -4.11. The van der Waals surface area contributed by atoms with Crippen LogP contribution in [0.25, 0.3) is 0 Å². The summed E-state index contributed by atoms with van der Waals surface area (Å²) in [5.41, 5.74) is 0.0154. The van der Waals surface area contributed by atoms with Crippen molar-refractivity contribution in [3.8, 4) is 0 Å². The zero-order valence-electron chi connectivity index (χ0n) is 15.8. The van der Waals surface area contributed by atoms with E-state index in [1.54, 1.807) is 24.3 Å². The largest absolute Gasteiger partial charge is 0.450 e. The fraction of sp³-hybridized carbons (Fsp3) is 0.316. The van der Waals surface area contributed by atoms with Crippen molar-refractivity contribution in [3.63, 3.8) is 0 Å². The number of nitrogens with one attached hydrogen (secondary N) is 1. The lowest BCUT2D eigenvalue weighted by Gasteiger charge is -2.44. The van der Waals surface area contributed by atoms with Crippen LogP contribution < -0.4 is 15.4 Å². The van der Waals surface area contributed by atoms with Gasteiger partial charge in [-0.15, -0.1) is 0 Å². The Labute approximate surface area is 172 Å². The number of benzene rings is 1. The minimum Gasteiger partial charge on any atom is -0.450 e. The third-order valence-electron chi connectivity index (χ3n) is 5.31. The van der Waals surface area contributed by atoms with E-state index in [1.807, 2.05) is 0 Å². The van der Waals surface area contributed by atoms with Gasteiger partial charge in [-0.3, -0.25) is 14.5 Å². The highest BCUT2D eigenvalue weighted by molar-refractivity contribution is 7.89. The van der Waals surface area contributed by atoms with Gasteiger partial charge in [0.1, 0.15) is 5.54 Å². The van der Waals surface area contributed by atoms with Crippen LogP contribution in [0.5, 0.6) is 0 Å². The number of sulfonamides is 1. The molecule has 0 atom stereocenters. The Hall–Kier alpha value is -3.18. The number of carbonyl (C=O) groups excluding carboxylic acids is 3. The first-order chi connectivity index (χ1) is 14.2. The molecular formula is C19H19N3O7S. The van der Waals surface area contributed by atoms with E-state index in [-0.39, 0.29) is 5.91 Å². The Morgan fingerprint density at radius 3 is 2.53 bits per heavy atom. The van der Waals surface area contributed by atoms with Crippen molar-refractivity contribution in [3.05, 3.63) is 42.2 Å². The van der Waals surface area contributed by atoms with E-state index in [0.717, 1.165) is 25.0 Å². The second-order valence-electron chi connectivity index (χ2n) is 7.18. The summed E-state index contributed by atoms with van der Waals surface area (Å²) in [7, 11) is -4.11. The first-order valence-corrected chi connectivity index (χ1v) is 10.8. The summed E-state index contributed by atoms with van der Waals surface area (Å²) in [5, 5.41) is 7.21. The molecule has 0 saturated heterocycles. The lowest BCUT2D eigenvalue weighted by atomic mass is 9.90. The summed E-state index contributed by atoms with van der Waals surface area (Å²) in [5.74, 6) is -2.25. The second-order valence-corrected chi connectivity index (χ2v) is 8.67. The van der Waals surface area contributed by atoms with Crippen molar-refractivity contribution in [2.24, 2.45) is 5.14 Å². The van der Waals surface area contributed by atoms with Crippen LogP contribution in [0.2, 0.25) is 0 Å². The molecule has 1 spiro atoms. The topological polar surface area (TPSA) is 149 Å². The summed E-state index contributed by atoms with van der Waals surface area (Å²) < 4.78 is 32.4. The van der Waals surface area contributed by atoms with Crippen LogP contribution in [-0.4, -0.2) is 38.3 Å². The number of para-hydroxylation sites is 2. The van der Waals surface area contributed by atoms with Crippen molar-refractivity contribution < 1.29 is 32.0 Å². The highest BCUT2D eigenvalue weighted by atomic mass is 32.2. The number of hydrogen-bond donors (Lipinski definition) is 2. The van der Waals surface area contributed by atoms with E-state index < -0.39 is 44.9 Å². The molecule has 2 aliphatic rings. The summed E-state index contributed by atoms with van der Waals surface area (Å²) >= 11 is 0. The van der Waals surface area contributed by atoms with Crippen molar-refractivity contribution in [1.82, 2.24) is 0 Å². The summed E-state index contributed by atoms with van der Waals surface area (Å²) in [6, 6.07) is 9.02. The maximum Gasteiger partial charge on any atom is 0.374 e. The number of esters is 1. The van der Waals surface area contributed by atoms with Gasteiger partial charge in [0.15, 0.2) is 6.61 Å². The Bertz CT molecular complexity index is 1130. The lowest BCUT2D eigenvalue weighted by Crippen LogP contribution is -2.61. The van der Waals surface area contributed by atoms with Gasteiger partial charge in [-0.25, -0.2) is 18.4 Å². The first-order valence-electron chi connectivity index (χ1n) is 9.26. The predicted octanol–water partition coefficient (Wildman–Crippen LogP) is 1.38. The fourth-order valence-electron chi connectivity index (χ4n) is 3.97. The molecule has 30 heavy (non-hydrogen) atoms. The summed E-state index contributed by atoms with van der Waals surface area (Å²) in [6.45, 7) is -0.645. The van der Waals surface area contributed by atoms with Crippen molar-refractivity contribution in [2.75, 3.05) is 16.8 Å². The van der Waals surface area contributed by atoms with Crippen LogP contribution in [0.4, 0.5) is 11.4 Å². The molecule has 158 valence electrons. The van der Waals surface area contributed by atoms with Gasteiger partial charge in [-0.1, -0.05) is 25.0 Å². The quantitative estimate of drug-likeness (QED) is 0.692. The van der Waals surface area contributed by atoms with Gasteiger partial charge in [-0.2, -0.15) is 0 Å². The third kappa shape index (κ3) is 3.35. The van der Waals surface area contributed by atoms with Gasteiger partial charge in [0.05, 0.1) is 11.4 Å². The van der Waals surface area contributed by atoms with Crippen molar-refractivity contribution in [1.29, 1.82) is 0 Å². The molecule has 11 heteroatoms.